The molecule has 1 aromatic rings. The van der Waals surface area contributed by atoms with Gasteiger partial charge in [0.1, 0.15) is 5.69 Å². The normalized spacial score (nSPS) is 11.2. The number of carbonyl (C=O) groups is 2. The highest BCUT2D eigenvalue weighted by Gasteiger charge is 2.22. The molecule has 6 nitrogen and oxygen atoms in total. The van der Waals surface area contributed by atoms with Gasteiger partial charge in [-0.25, -0.2) is 9.78 Å². The second kappa shape index (κ2) is 5.79. The number of nitrogens with one attached hydrogen (secondary N) is 1. The van der Waals surface area contributed by atoms with Crippen LogP contribution >= 0.6 is 0 Å². The van der Waals surface area contributed by atoms with Crippen molar-refractivity contribution in [3.05, 3.63) is 29.1 Å². The van der Waals surface area contributed by atoms with Gasteiger partial charge in [0.05, 0.1) is 23.4 Å². The monoisotopic (exact) mass is 266 g/mol. The van der Waals surface area contributed by atoms with E-state index in [4.69, 9.17) is 9.84 Å². The number of ether oxygens (including phenoxy) is 1. The molecule has 0 radical (unpaired) electrons. The zero-order valence-corrected chi connectivity index (χ0v) is 11.5. The number of hydrogen-bond donors (Lipinski definition) is 2. The fraction of sp³-hybridized carbons (Fsp3) is 0.462. The van der Waals surface area contributed by atoms with Gasteiger partial charge in [0.2, 0.25) is 0 Å². The topological polar surface area (TPSA) is 88.5 Å². The van der Waals surface area contributed by atoms with Gasteiger partial charge in [-0.3, -0.25) is 4.79 Å². The van der Waals surface area contributed by atoms with E-state index in [0.717, 1.165) is 0 Å². The average molecular weight is 266 g/mol. The van der Waals surface area contributed by atoms with Crippen molar-refractivity contribution in [3.63, 3.8) is 0 Å². The van der Waals surface area contributed by atoms with Crippen LogP contribution < -0.4 is 5.32 Å². The maximum Gasteiger partial charge on any atom is 0.337 e. The molecule has 1 heterocycles. The number of aromatic carboxylic acids is 1. The lowest BCUT2D eigenvalue weighted by Crippen LogP contribution is -2.47. The highest BCUT2D eigenvalue weighted by atomic mass is 16.5. The molecule has 1 amide bonds. The van der Waals surface area contributed by atoms with Crippen LogP contribution in [0.15, 0.2) is 12.1 Å². The highest BCUT2D eigenvalue weighted by Crippen LogP contribution is 2.09. The first-order valence-corrected chi connectivity index (χ1v) is 5.79. The van der Waals surface area contributed by atoms with E-state index in [0.29, 0.717) is 12.3 Å². The molecule has 0 spiro atoms. The summed E-state index contributed by atoms with van der Waals surface area (Å²) in [5.41, 5.74) is 0.0662. The Morgan fingerprint density at radius 3 is 2.53 bits per heavy atom. The highest BCUT2D eigenvalue weighted by molar-refractivity contribution is 5.94. The van der Waals surface area contributed by atoms with Gasteiger partial charge in [-0.15, -0.1) is 0 Å². The lowest BCUT2D eigenvalue weighted by molar-refractivity contribution is 0.0693. The minimum atomic E-state index is -1.06. The molecular formula is C13H18N2O4. The Bertz CT molecular complexity index is 497. The molecule has 0 saturated carbocycles. The molecule has 0 aliphatic carbocycles. The first-order valence-electron chi connectivity index (χ1n) is 5.79. The van der Waals surface area contributed by atoms with Gasteiger partial charge in [-0.1, -0.05) is 0 Å². The Hall–Kier alpha value is -1.95. The summed E-state index contributed by atoms with van der Waals surface area (Å²) in [6.45, 7) is 5.57. The zero-order valence-electron chi connectivity index (χ0n) is 11.5. The van der Waals surface area contributed by atoms with E-state index in [1.165, 1.54) is 12.1 Å². The number of carbonyl (C=O) groups excluding carboxylic acids is 1. The molecule has 19 heavy (non-hydrogen) atoms. The van der Waals surface area contributed by atoms with E-state index < -0.39 is 11.5 Å². The predicted octanol–water partition coefficient (Wildman–Crippen LogP) is 1.24. The van der Waals surface area contributed by atoms with Crippen LogP contribution in [0.3, 0.4) is 0 Å². The van der Waals surface area contributed by atoms with Gasteiger partial charge in [-0.05, 0) is 32.9 Å². The molecule has 0 fully saturated rings. The number of nitrogens with zero attached hydrogens (tertiary/aromatic N) is 1. The van der Waals surface area contributed by atoms with E-state index in [1.807, 2.05) is 13.8 Å². The molecule has 104 valence electrons. The van der Waals surface area contributed by atoms with Gasteiger partial charge < -0.3 is 15.2 Å². The second-order valence-corrected chi connectivity index (χ2v) is 4.91. The SMILES string of the molecule is COCC(C)(C)NC(=O)c1ccc(C(=O)O)c(C)n1. The van der Waals surface area contributed by atoms with Gasteiger partial charge in [0.15, 0.2) is 0 Å². The van der Waals surface area contributed by atoms with E-state index in [-0.39, 0.29) is 17.2 Å². The van der Waals surface area contributed by atoms with Crippen LogP contribution in [0.25, 0.3) is 0 Å². The molecule has 0 atom stereocenters. The summed E-state index contributed by atoms with van der Waals surface area (Å²) in [6.07, 6.45) is 0. The number of methoxy groups -OCH3 is 1. The third-order valence-corrected chi connectivity index (χ3v) is 2.51. The number of rotatable bonds is 5. The van der Waals surface area contributed by atoms with Gasteiger partial charge >= 0.3 is 5.97 Å². The van der Waals surface area contributed by atoms with Crippen LogP contribution in [0.4, 0.5) is 0 Å². The largest absolute Gasteiger partial charge is 0.478 e. The number of hydrogen-bond acceptors (Lipinski definition) is 4. The molecule has 1 rings (SSSR count). The quantitative estimate of drug-likeness (QED) is 0.837. The van der Waals surface area contributed by atoms with Crippen molar-refractivity contribution >= 4 is 11.9 Å². The van der Waals surface area contributed by atoms with Crippen molar-refractivity contribution in [2.24, 2.45) is 0 Å². The molecule has 1 aromatic heterocycles. The summed E-state index contributed by atoms with van der Waals surface area (Å²) in [4.78, 5) is 26.9. The molecule has 0 saturated heterocycles. The summed E-state index contributed by atoms with van der Waals surface area (Å²) in [6, 6.07) is 2.78. The van der Waals surface area contributed by atoms with E-state index in [2.05, 4.69) is 10.3 Å². The molecule has 0 aromatic carbocycles. The average Bonchev–Trinajstić information content (AvgIpc) is 2.27. The number of aryl methyl sites for hydroxylation is 1. The van der Waals surface area contributed by atoms with Crippen LogP contribution in [-0.4, -0.2) is 41.2 Å². The molecule has 0 bridgehead atoms. The fourth-order valence-corrected chi connectivity index (χ4v) is 1.68. The Labute approximate surface area is 111 Å². The van der Waals surface area contributed by atoms with Crippen molar-refractivity contribution in [2.45, 2.75) is 26.3 Å². The summed E-state index contributed by atoms with van der Waals surface area (Å²) in [5.74, 6) is -1.42. The van der Waals surface area contributed by atoms with Crippen LogP contribution in [0, 0.1) is 6.92 Å². The fourth-order valence-electron chi connectivity index (χ4n) is 1.68. The number of pyridine rings is 1. The zero-order chi connectivity index (χ0) is 14.6. The van der Waals surface area contributed by atoms with E-state index in [9.17, 15) is 9.59 Å². The third-order valence-electron chi connectivity index (χ3n) is 2.51. The first kappa shape index (κ1) is 15.1. The number of aromatic nitrogens is 1. The van der Waals surface area contributed by atoms with Crippen molar-refractivity contribution < 1.29 is 19.4 Å². The Morgan fingerprint density at radius 2 is 2.05 bits per heavy atom. The Kier molecular flexibility index (Phi) is 4.61. The molecule has 6 heteroatoms. The van der Waals surface area contributed by atoms with Gasteiger partial charge in [0.25, 0.3) is 5.91 Å². The molecule has 2 N–H and O–H groups in total. The van der Waals surface area contributed by atoms with Crippen molar-refractivity contribution in [3.8, 4) is 0 Å². The maximum atomic E-state index is 12.0. The summed E-state index contributed by atoms with van der Waals surface area (Å²) >= 11 is 0. The summed E-state index contributed by atoms with van der Waals surface area (Å²) in [5, 5.41) is 11.7. The molecule has 0 aliphatic heterocycles. The van der Waals surface area contributed by atoms with Crippen LogP contribution in [0.1, 0.15) is 40.4 Å². The van der Waals surface area contributed by atoms with E-state index >= 15 is 0 Å². The lowest BCUT2D eigenvalue weighted by atomic mass is 10.1. The standard InChI is InChI=1S/C13H18N2O4/c1-8-9(12(17)18)5-6-10(14-8)11(16)15-13(2,3)7-19-4/h5-6H,7H2,1-4H3,(H,15,16)(H,17,18). The van der Waals surface area contributed by atoms with Crippen molar-refractivity contribution in [2.75, 3.05) is 13.7 Å². The molecule has 0 aliphatic rings. The van der Waals surface area contributed by atoms with E-state index in [1.54, 1.807) is 14.0 Å². The molecule has 0 unspecified atom stereocenters. The predicted molar refractivity (Wildman–Crippen MR) is 69.4 cm³/mol. The Morgan fingerprint density at radius 1 is 1.42 bits per heavy atom. The smallest absolute Gasteiger partial charge is 0.337 e. The molecular weight excluding hydrogens is 248 g/mol. The van der Waals surface area contributed by atoms with Gasteiger partial charge in [-0.2, -0.15) is 0 Å². The number of carboxylic acids is 1. The van der Waals surface area contributed by atoms with Crippen molar-refractivity contribution in [1.82, 2.24) is 10.3 Å². The van der Waals surface area contributed by atoms with Crippen LogP contribution in [0.5, 0.6) is 0 Å². The summed E-state index contributed by atoms with van der Waals surface area (Å²) in [7, 11) is 1.55. The Balaban J connectivity index is 2.90. The first-order chi connectivity index (χ1) is 8.76. The minimum absolute atomic E-state index is 0.0905. The number of amides is 1. The van der Waals surface area contributed by atoms with Crippen LogP contribution in [0.2, 0.25) is 0 Å². The van der Waals surface area contributed by atoms with Crippen molar-refractivity contribution in [1.29, 1.82) is 0 Å². The minimum Gasteiger partial charge on any atom is -0.478 e. The third kappa shape index (κ3) is 4.03. The maximum absolute atomic E-state index is 12.0. The second-order valence-electron chi connectivity index (χ2n) is 4.91. The number of carboxylic acid groups (broad SMARTS) is 1. The lowest BCUT2D eigenvalue weighted by Gasteiger charge is -2.25. The van der Waals surface area contributed by atoms with Gasteiger partial charge in [0, 0.05) is 7.11 Å². The summed E-state index contributed by atoms with van der Waals surface area (Å²) < 4.78 is 5.00. The van der Waals surface area contributed by atoms with Crippen LogP contribution in [-0.2, 0) is 4.74 Å².